The Bertz CT molecular complexity index is 1330. The predicted molar refractivity (Wildman–Crippen MR) is 108 cm³/mol. The molecule has 0 saturated carbocycles. The predicted octanol–water partition coefficient (Wildman–Crippen LogP) is 1.85. The maximum Gasteiger partial charge on any atom is 0.269 e. The van der Waals surface area contributed by atoms with Crippen LogP contribution in [0.25, 0.3) is 10.8 Å². The number of nitro groups is 1. The molecule has 10 nitrogen and oxygen atoms in total. The standard InChI is InChI=1S/C20H13N3O7S/c24-17(21-31(29,30)14-9-7-13(8-10-14)23(27)28)11-22-19(25)15-5-1-3-12-4-2-6-16(18(12)15)20(22)26/h1-10H,11H2,(H,21,24). The van der Waals surface area contributed by atoms with Gasteiger partial charge in [0.05, 0.1) is 9.82 Å². The van der Waals surface area contributed by atoms with Gasteiger partial charge in [0.15, 0.2) is 0 Å². The van der Waals surface area contributed by atoms with Crippen LogP contribution in [0.5, 0.6) is 0 Å². The first kappa shape index (κ1) is 20.2. The monoisotopic (exact) mass is 439 g/mol. The third-order valence-corrected chi connectivity index (χ3v) is 6.15. The molecule has 0 aromatic heterocycles. The van der Waals surface area contributed by atoms with Gasteiger partial charge >= 0.3 is 0 Å². The summed E-state index contributed by atoms with van der Waals surface area (Å²) in [6.07, 6.45) is 0. The van der Waals surface area contributed by atoms with E-state index in [9.17, 15) is 32.9 Å². The Kier molecular flexibility index (Phi) is 4.74. The summed E-state index contributed by atoms with van der Waals surface area (Å²) >= 11 is 0. The molecule has 0 spiro atoms. The second-order valence-electron chi connectivity index (χ2n) is 6.69. The van der Waals surface area contributed by atoms with Gasteiger partial charge in [-0.25, -0.2) is 13.1 Å². The fraction of sp³-hybridized carbons (Fsp3) is 0.0500. The van der Waals surface area contributed by atoms with Gasteiger partial charge in [-0.2, -0.15) is 0 Å². The zero-order valence-electron chi connectivity index (χ0n) is 15.6. The van der Waals surface area contributed by atoms with Crippen molar-refractivity contribution >= 4 is 44.2 Å². The summed E-state index contributed by atoms with van der Waals surface area (Å²) in [5.41, 5.74) is 0.153. The highest BCUT2D eigenvalue weighted by Crippen LogP contribution is 2.29. The summed E-state index contributed by atoms with van der Waals surface area (Å²) in [7, 11) is -4.36. The first-order valence-electron chi connectivity index (χ1n) is 8.87. The van der Waals surface area contributed by atoms with Crippen molar-refractivity contribution in [3.8, 4) is 0 Å². The van der Waals surface area contributed by atoms with E-state index in [1.54, 1.807) is 29.0 Å². The second kappa shape index (κ2) is 7.29. The lowest BCUT2D eigenvalue weighted by molar-refractivity contribution is -0.384. The van der Waals surface area contributed by atoms with Gasteiger partial charge in [-0.05, 0) is 29.7 Å². The van der Waals surface area contributed by atoms with Crippen molar-refractivity contribution in [3.05, 3.63) is 81.9 Å². The average molecular weight is 439 g/mol. The van der Waals surface area contributed by atoms with Crippen LogP contribution in [0.15, 0.2) is 65.6 Å². The Morgan fingerprint density at radius 2 is 1.48 bits per heavy atom. The molecule has 0 atom stereocenters. The van der Waals surface area contributed by atoms with Crippen LogP contribution >= 0.6 is 0 Å². The molecule has 0 saturated heterocycles. The molecular weight excluding hydrogens is 426 g/mol. The number of non-ortho nitro benzene ring substituents is 1. The maximum absolute atomic E-state index is 12.8. The molecule has 0 radical (unpaired) electrons. The molecule has 0 bridgehead atoms. The number of nitrogens with one attached hydrogen (secondary N) is 1. The number of nitrogens with zero attached hydrogens (tertiary/aromatic N) is 2. The molecule has 1 aliphatic heterocycles. The number of hydrogen-bond donors (Lipinski definition) is 1. The minimum absolute atomic E-state index is 0.235. The highest BCUT2D eigenvalue weighted by atomic mass is 32.2. The van der Waals surface area contributed by atoms with Crippen molar-refractivity contribution in [2.24, 2.45) is 0 Å². The minimum atomic E-state index is -4.36. The molecule has 0 aliphatic carbocycles. The summed E-state index contributed by atoms with van der Waals surface area (Å²) in [5, 5.41) is 11.9. The number of carbonyl (C=O) groups excluding carboxylic acids is 3. The molecule has 3 aromatic carbocycles. The minimum Gasteiger partial charge on any atom is -0.272 e. The van der Waals surface area contributed by atoms with E-state index < -0.39 is 39.2 Å². The van der Waals surface area contributed by atoms with Crippen LogP contribution in [0, 0.1) is 10.1 Å². The van der Waals surface area contributed by atoms with Crippen molar-refractivity contribution in [3.63, 3.8) is 0 Å². The van der Waals surface area contributed by atoms with Gasteiger partial charge in [-0.1, -0.05) is 24.3 Å². The lowest BCUT2D eigenvalue weighted by Gasteiger charge is -2.26. The van der Waals surface area contributed by atoms with E-state index in [1.165, 1.54) is 12.1 Å². The topological polar surface area (TPSA) is 144 Å². The van der Waals surface area contributed by atoms with Gasteiger partial charge in [0.25, 0.3) is 33.4 Å². The van der Waals surface area contributed by atoms with Crippen molar-refractivity contribution in [1.82, 2.24) is 9.62 Å². The summed E-state index contributed by atoms with van der Waals surface area (Å²) in [5.74, 6) is -2.53. The molecule has 31 heavy (non-hydrogen) atoms. The van der Waals surface area contributed by atoms with E-state index in [0.29, 0.717) is 15.7 Å². The first-order chi connectivity index (χ1) is 14.7. The lowest BCUT2D eigenvalue weighted by Crippen LogP contribution is -2.47. The largest absolute Gasteiger partial charge is 0.272 e. The SMILES string of the molecule is O=C(CN1C(=O)c2cccc3cccc(c23)C1=O)NS(=O)(=O)c1ccc([N+](=O)[O-])cc1. The van der Waals surface area contributed by atoms with Gasteiger partial charge in [0, 0.05) is 28.6 Å². The second-order valence-corrected chi connectivity index (χ2v) is 8.37. The molecule has 0 fully saturated rings. The quantitative estimate of drug-likeness (QED) is 0.363. The van der Waals surface area contributed by atoms with E-state index in [0.717, 1.165) is 24.3 Å². The number of benzene rings is 3. The van der Waals surface area contributed by atoms with Crippen LogP contribution in [-0.4, -0.2) is 42.5 Å². The number of nitro benzene ring substituents is 1. The number of imide groups is 1. The number of rotatable bonds is 5. The van der Waals surface area contributed by atoms with Crippen LogP contribution in [0.1, 0.15) is 20.7 Å². The zero-order chi connectivity index (χ0) is 22.3. The lowest BCUT2D eigenvalue weighted by atomic mass is 9.94. The molecule has 1 aliphatic rings. The summed E-state index contributed by atoms with van der Waals surface area (Å²) < 4.78 is 26.6. The van der Waals surface area contributed by atoms with Gasteiger partial charge < -0.3 is 0 Å². The Balaban J connectivity index is 1.57. The fourth-order valence-electron chi connectivity index (χ4n) is 3.36. The molecule has 4 rings (SSSR count). The van der Waals surface area contributed by atoms with Crippen molar-refractivity contribution in [2.75, 3.05) is 6.54 Å². The normalized spacial score (nSPS) is 13.4. The van der Waals surface area contributed by atoms with E-state index >= 15 is 0 Å². The fourth-order valence-corrected chi connectivity index (χ4v) is 4.33. The first-order valence-corrected chi connectivity index (χ1v) is 10.4. The third kappa shape index (κ3) is 3.51. The molecule has 11 heteroatoms. The zero-order valence-corrected chi connectivity index (χ0v) is 16.5. The summed E-state index contributed by atoms with van der Waals surface area (Å²) in [4.78, 5) is 48.3. The number of sulfonamides is 1. The van der Waals surface area contributed by atoms with Gasteiger partial charge in [0.2, 0.25) is 0 Å². The van der Waals surface area contributed by atoms with E-state index in [1.807, 2.05) is 0 Å². The van der Waals surface area contributed by atoms with Gasteiger partial charge in [0.1, 0.15) is 6.54 Å². The molecule has 1 N–H and O–H groups in total. The molecule has 0 unspecified atom stereocenters. The van der Waals surface area contributed by atoms with Crippen LogP contribution in [0.4, 0.5) is 5.69 Å². The van der Waals surface area contributed by atoms with E-state index in [2.05, 4.69) is 0 Å². The van der Waals surface area contributed by atoms with Crippen molar-refractivity contribution in [1.29, 1.82) is 0 Å². The number of carbonyl (C=O) groups is 3. The molecule has 3 aromatic rings. The molecule has 156 valence electrons. The molecule has 3 amide bonds. The van der Waals surface area contributed by atoms with E-state index in [4.69, 9.17) is 0 Å². The smallest absolute Gasteiger partial charge is 0.269 e. The summed E-state index contributed by atoms with van der Waals surface area (Å²) in [6.45, 7) is -0.811. The molecule has 1 heterocycles. The van der Waals surface area contributed by atoms with Crippen LogP contribution in [-0.2, 0) is 14.8 Å². The van der Waals surface area contributed by atoms with Gasteiger partial charge in [-0.15, -0.1) is 0 Å². The number of amides is 3. The number of hydrogen-bond acceptors (Lipinski definition) is 7. The Labute approximate surface area is 175 Å². The van der Waals surface area contributed by atoms with E-state index in [-0.39, 0.29) is 21.7 Å². The Morgan fingerprint density at radius 3 is 2.00 bits per heavy atom. The Morgan fingerprint density at radius 1 is 0.935 bits per heavy atom. The molecular formula is C20H13N3O7S. The Hall–Kier alpha value is -4.12. The average Bonchev–Trinajstić information content (AvgIpc) is 2.74. The van der Waals surface area contributed by atoms with Crippen LogP contribution in [0.3, 0.4) is 0 Å². The van der Waals surface area contributed by atoms with Crippen molar-refractivity contribution in [2.45, 2.75) is 4.90 Å². The highest BCUT2D eigenvalue weighted by molar-refractivity contribution is 7.90. The highest BCUT2D eigenvalue weighted by Gasteiger charge is 2.34. The third-order valence-electron chi connectivity index (χ3n) is 4.76. The van der Waals surface area contributed by atoms with Crippen LogP contribution < -0.4 is 4.72 Å². The summed E-state index contributed by atoms with van der Waals surface area (Å²) in [6, 6.07) is 13.8. The van der Waals surface area contributed by atoms with Gasteiger partial charge in [-0.3, -0.25) is 29.4 Å². The van der Waals surface area contributed by atoms with Crippen LogP contribution in [0.2, 0.25) is 0 Å². The maximum atomic E-state index is 12.8. The van der Waals surface area contributed by atoms with Crippen molar-refractivity contribution < 1.29 is 27.7 Å².